The van der Waals surface area contributed by atoms with Crippen LogP contribution in [0.15, 0.2) is 0 Å². The molecule has 4 nitrogen and oxygen atoms in total. The molecule has 0 bridgehead atoms. The van der Waals surface area contributed by atoms with Crippen molar-refractivity contribution in [3.8, 4) is 0 Å². The van der Waals surface area contributed by atoms with Crippen molar-refractivity contribution in [2.45, 2.75) is 51.5 Å². The standard InChI is InChI=1S/C12H21ClN2O2/c1-2-15(10-6-4-3-5-7-10)12(17)14-11(16)8-9-13/h10H,2-9H2,1H3,(H,14,16,17). The molecule has 0 aliphatic heterocycles. The second-order valence-corrected chi connectivity index (χ2v) is 4.75. The van der Waals surface area contributed by atoms with E-state index in [0.717, 1.165) is 12.8 Å². The highest BCUT2D eigenvalue weighted by Gasteiger charge is 2.24. The molecule has 0 heterocycles. The van der Waals surface area contributed by atoms with Gasteiger partial charge in [0.15, 0.2) is 0 Å². The first-order valence-corrected chi connectivity index (χ1v) is 6.89. The van der Waals surface area contributed by atoms with Gasteiger partial charge in [-0.3, -0.25) is 10.1 Å². The predicted octanol–water partition coefficient (Wildman–Crippen LogP) is 2.51. The smallest absolute Gasteiger partial charge is 0.322 e. The number of hydrogen-bond acceptors (Lipinski definition) is 2. The zero-order valence-electron chi connectivity index (χ0n) is 10.4. The Balaban J connectivity index is 2.47. The predicted molar refractivity (Wildman–Crippen MR) is 68.1 cm³/mol. The van der Waals surface area contributed by atoms with Gasteiger partial charge in [0.05, 0.1) is 0 Å². The van der Waals surface area contributed by atoms with Crippen LogP contribution in [0.3, 0.4) is 0 Å². The molecule has 3 amide bonds. The second kappa shape index (κ2) is 7.54. The quantitative estimate of drug-likeness (QED) is 0.790. The van der Waals surface area contributed by atoms with E-state index in [0.29, 0.717) is 6.54 Å². The highest BCUT2D eigenvalue weighted by molar-refractivity contribution is 6.19. The molecular weight excluding hydrogens is 240 g/mol. The summed E-state index contributed by atoms with van der Waals surface area (Å²) in [7, 11) is 0. The largest absolute Gasteiger partial charge is 0.324 e. The van der Waals surface area contributed by atoms with Crippen LogP contribution >= 0.6 is 11.6 Å². The van der Waals surface area contributed by atoms with Gasteiger partial charge >= 0.3 is 6.03 Å². The molecule has 0 spiro atoms. The van der Waals surface area contributed by atoms with Gasteiger partial charge in [-0.1, -0.05) is 19.3 Å². The van der Waals surface area contributed by atoms with Crippen LogP contribution in [-0.4, -0.2) is 35.3 Å². The number of alkyl halides is 1. The minimum Gasteiger partial charge on any atom is -0.322 e. The Hall–Kier alpha value is -0.770. The topological polar surface area (TPSA) is 49.4 Å². The molecule has 0 unspecified atom stereocenters. The maximum atomic E-state index is 11.9. The van der Waals surface area contributed by atoms with Crippen LogP contribution in [-0.2, 0) is 4.79 Å². The molecule has 1 N–H and O–H groups in total. The summed E-state index contributed by atoms with van der Waals surface area (Å²) in [6.07, 6.45) is 5.88. The van der Waals surface area contributed by atoms with Crippen LogP contribution in [0, 0.1) is 0 Å². The van der Waals surface area contributed by atoms with Crippen LogP contribution in [0.2, 0.25) is 0 Å². The monoisotopic (exact) mass is 260 g/mol. The third-order valence-electron chi connectivity index (χ3n) is 3.18. The van der Waals surface area contributed by atoms with E-state index in [4.69, 9.17) is 11.6 Å². The van der Waals surface area contributed by atoms with E-state index in [9.17, 15) is 9.59 Å². The first-order chi connectivity index (χ1) is 8.19. The average Bonchev–Trinajstić information content (AvgIpc) is 2.31. The molecule has 0 aromatic rings. The summed E-state index contributed by atoms with van der Waals surface area (Å²) in [6.45, 7) is 2.59. The minimum atomic E-state index is -0.292. The van der Waals surface area contributed by atoms with Crippen LogP contribution in [0.25, 0.3) is 0 Å². The Kier molecular flexibility index (Phi) is 6.34. The lowest BCUT2D eigenvalue weighted by Gasteiger charge is -2.33. The van der Waals surface area contributed by atoms with Gasteiger partial charge in [0.2, 0.25) is 5.91 Å². The van der Waals surface area contributed by atoms with Crippen LogP contribution in [0.1, 0.15) is 45.4 Å². The summed E-state index contributed by atoms with van der Waals surface area (Å²) in [5.41, 5.74) is 0. The van der Waals surface area contributed by atoms with Crippen molar-refractivity contribution in [1.29, 1.82) is 0 Å². The third kappa shape index (κ3) is 4.54. The van der Waals surface area contributed by atoms with Crippen LogP contribution < -0.4 is 5.32 Å². The lowest BCUT2D eigenvalue weighted by Crippen LogP contribution is -2.48. The molecule has 0 saturated heterocycles. The van der Waals surface area contributed by atoms with Crippen molar-refractivity contribution in [3.05, 3.63) is 0 Å². The van der Waals surface area contributed by atoms with E-state index < -0.39 is 0 Å². The Bertz CT molecular complexity index is 265. The minimum absolute atomic E-state index is 0.190. The Morgan fingerprint density at radius 2 is 1.94 bits per heavy atom. The molecule has 0 atom stereocenters. The molecule has 17 heavy (non-hydrogen) atoms. The van der Waals surface area contributed by atoms with Gasteiger partial charge in [0.1, 0.15) is 0 Å². The highest BCUT2D eigenvalue weighted by Crippen LogP contribution is 2.22. The summed E-state index contributed by atoms with van der Waals surface area (Å²) in [4.78, 5) is 25.0. The normalized spacial score (nSPS) is 16.6. The molecule has 1 rings (SSSR count). The molecule has 1 fully saturated rings. The van der Waals surface area contributed by atoms with Gasteiger partial charge in [-0.2, -0.15) is 0 Å². The second-order valence-electron chi connectivity index (χ2n) is 4.37. The fourth-order valence-electron chi connectivity index (χ4n) is 2.30. The SMILES string of the molecule is CCN(C(=O)NC(=O)CCCl)C1CCCCC1. The molecule has 0 aromatic carbocycles. The number of imide groups is 1. The number of carbonyl (C=O) groups excluding carboxylic acids is 2. The van der Waals surface area contributed by atoms with Crippen LogP contribution in [0.4, 0.5) is 4.79 Å². The summed E-state index contributed by atoms with van der Waals surface area (Å²) < 4.78 is 0. The zero-order chi connectivity index (χ0) is 12.7. The summed E-state index contributed by atoms with van der Waals surface area (Å²) in [6, 6.07) is 0.0204. The molecule has 5 heteroatoms. The van der Waals surface area contributed by atoms with Gasteiger partial charge in [-0.15, -0.1) is 11.6 Å². The molecule has 0 aromatic heterocycles. The first-order valence-electron chi connectivity index (χ1n) is 6.35. The molecule has 0 radical (unpaired) electrons. The van der Waals surface area contributed by atoms with Crippen molar-refractivity contribution < 1.29 is 9.59 Å². The van der Waals surface area contributed by atoms with E-state index in [1.807, 2.05) is 6.92 Å². The van der Waals surface area contributed by atoms with Gasteiger partial charge in [-0.05, 0) is 19.8 Å². The Labute approximate surface area is 108 Å². The van der Waals surface area contributed by atoms with Gasteiger partial charge in [0, 0.05) is 24.9 Å². The summed E-state index contributed by atoms with van der Waals surface area (Å²) >= 11 is 5.46. The molecule has 1 aliphatic rings. The molecule has 1 aliphatic carbocycles. The maximum absolute atomic E-state index is 11.9. The van der Waals surface area contributed by atoms with E-state index in [1.165, 1.54) is 19.3 Å². The molecular formula is C12H21ClN2O2. The lowest BCUT2D eigenvalue weighted by molar-refractivity contribution is -0.119. The first kappa shape index (κ1) is 14.3. The third-order valence-corrected chi connectivity index (χ3v) is 3.37. The van der Waals surface area contributed by atoms with Crippen molar-refractivity contribution in [2.75, 3.05) is 12.4 Å². The number of nitrogens with zero attached hydrogens (tertiary/aromatic N) is 1. The number of rotatable bonds is 4. The van der Waals surface area contributed by atoms with E-state index in [-0.39, 0.29) is 30.3 Å². The zero-order valence-corrected chi connectivity index (χ0v) is 11.1. The fourth-order valence-corrected chi connectivity index (χ4v) is 2.47. The number of halogens is 1. The molecule has 98 valence electrons. The average molecular weight is 261 g/mol. The van der Waals surface area contributed by atoms with E-state index in [2.05, 4.69) is 5.32 Å². The summed E-state index contributed by atoms with van der Waals surface area (Å²) in [5, 5.41) is 2.39. The van der Waals surface area contributed by atoms with Crippen molar-refractivity contribution in [2.24, 2.45) is 0 Å². The number of nitrogens with one attached hydrogen (secondary N) is 1. The van der Waals surface area contributed by atoms with E-state index in [1.54, 1.807) is 4.90 Å². The number of hydrogen-bond donors (Lipinski definition) is 1. The highest BCUT2D eigenvalue weighted by atomic mass is 35.5. The summed E-state index contributed by atoms with van der Waals surface area (Å²) in [5.74, 6) is -0.0476. The van der Waals surface area contributed by atoms with Crippen LogP contribution in [0.5, 0.6) is 0 Å². The van der Waals surface area contributed by atoms with Crippen molar-refractivity contribution in [3.63, 3.8) is 0 Å². The Morgan fingerprint density at radius 1 is 1.29 bits per heavy atom. The van der Waals surface area contributed by atoms with Gasteiger partial charge in [0.25, 0.3) is 0 Å². The Morgan fingerprint density at radius 3 is 2.47 bits per heavy atom. The number of urea groups is 1. The van der Waals surface area contributed by atoms with Gasteiger partial charge in [-0.25, -0.2) is 4.79 Å². The van der Waals surface area contributed by atoms with Crippen molar-refractivity contribution in [1.82, 2.24) is 10.2 Å². The maximum Gasteiger partial charge on any atom is 0.324 e. The van der Waals surface area contributed by atoms with Gasteiger partial charge < -0.3 is 4.90 Å². The van der Waals surface area contributed by atoms with Crippen molar-refractivity contribution >= 4 is 23.5 Å². The fraction of sp³-hybridized carbons (Fsp3) is 0.833. The number of carbonyl (C=O) groups is 2. The number of amides is 3. The lowest BCUT2D eigenvalue weighted by atomic mass is 9.94. The molecule has 1 saturated carbocycles. The van der Waals surface area contributed by atoms with E-state index >= 15 is 0 Å².